The average Bonchev–Trinajstić information content (AvgIpc) is 2.95. The van der Waals surface area contributed by atoms with Crippen molar-refractivity contribution in [2.75, 3.05) is 0 Å². The van der Waals surface area contributed by atoms with E-state index in [0.29, 0.717) is 6.54 Å². The quantitative estimate of drug-likeness (QED) is 0.770. The van der Waals surface area contributed by atoms with Crippen LogP contribution in [0.3, 0.4) is 0 Å². The molecule has 0 aliphatic rings. The van der Waals surface area contributed by atoms with Gasteiger partial charge < -0.3 is 20.6 Å². The number of nitrogens with one attached hydrogen (secondary N) is 1. The Bertz CT molecular complexity index is 622. The van der Waals surface area contributed by atoms with Crippen LogP contribution in [-0.2, 0) is 6.54 Å². The van der Waals surface area contributed by atoms with Crippen molar-refractivity contribution in [1.29, 1.82) is 0 Å². The number of aliphatic hydroxyl groups excluding tert-OH is 1. The minimum atomic E-state index is -0.800. The predicted molar refractivity (Wildman–Crippen MR) is 77.5 cm³/mol. The Kier molecular flexibility index (Phi) is 4.72. The first-order chi connectivity index (χ1) is 9.99. The summed E-state index contributed by atoms with van der Waals surface area (Å²) in [5, 5.41) is 12.2. The number of amides is 1. The Hall–Kier alpha value is -2.18. The Labute approximate surface area is 123 Å². The normalized spacial score (nSPS) is 13.7. The number of nitrogens with zero attached hydrogens (tertiary/aromatic N) is 1. The highest BCUT2D eigenvalue weighted by molar-refractivity contribution is 5.91. The van der Waals surface area contributed by atoms with Crippen molar-refractivity contribution in [2.24, 2.45) is 5.73 Å². The van der Waals surface area contributed by atoms with Crippen molar-refractivity contribution >= 4 is 5.91 Å². The second-order valence-electron chi connectivity index (χ2n) is 4.95. The maximum absolute atomic E-state index is 12.0. The van der Waals surface area contributed by atoms with Gasteiger partial charge in [-0.1, -0.05) is 24.3 Å². The van der Waals surface area contributed by atoms with Gasteiger partial charge >= 0.3 is 0 Å². The third-order valence-corrected chi connectivity index (χ3v) is 3.26. The van der Waals surface area contributed by atoms with E-state index in [1.54, 1.807) is 0 Å². The molecule has 1 amide bonds. The van der Waals surface area contributed by atoms with Gasteiger partial charge in [-0.15, -0.1) is 0 Å². The molecular formula is C15H19N3O3. The zero-order valence-electron chi connectivity index (χ0n) is 12.0. The zero-order chi connectivity index (χ0) is 15.4. The first-order valence-corrected chi connectivity index (χ1v) is 6.71. The van der Waals surface area contributed by atoms with Gasteiger partial charge in [-0.3, -0.25) is 4.79 Å². The summed E-state index contributed by atoms with van der Waals surface area (Å²) in [6, 6.07) is 7.06. The molecule has 0 radical (unpaired) electrons. The van der Waals surface area contributed by atoms with Gasteiger partial charge in [0.25, 0.3) is 5.91 Å². The number of oxazole rings is 1. The molecule has 0 bridgehead atoms. The van der Waals surface area contributed by atoms with E-state index in [9.17, 15) is 9.90 Å². The molecule has 0 fully saturated rings. The monoisotopic (exact) mass is 289 g/mol. The molecular weight excluding hydrogens is 270 g/mol. The van der Waals surface area contributed by atoms with Crippen LogP contribution >= 0.6 is 0 Å². The molecule has 1 aromatic heterocycles. The lowest BCUT2D eigenvalue weighted by atomic mass is 10.1. The van der Waals surface area contributed by atoms with E-state index in [1.807, 2.05) is 31.2 Å². The van der Waals surface area contributed by atoms with Gasteiger partial charge in [-0.05, 0) is 25.0 Å². The summed E-state index contributed by atoms with van der Waals surface area (Å²) in [6.07, 6.45) is 0.441. The van der Waals surface area contributed by atoms with Crippen molar-refractivity contribution in [3.63, 3.8) is 0 Å². The lowest BCUT2D eigenvalue weighted by Gasteiger charge is -2.09. The molecule has 0 aliphatic carbocycles. The van der Waals surface area contributed by atoms with Crippen molar-refractivity contribution in [3.8, 4) is 0 Å². The highest BCUT2D eigenvalue weighted by Crippen LogP contribution is 2.14. The fraction of sp³-hybridized carbons (Fsp3) is 0.333. The van der Waals surface area contributed by atoms with Crippen molar-refractivity contribution in [2.45, 2.75) is 32.5 Å². The van der Waals surface area contributed by atoms with Gasteiger partial charge in [-0.2, -0.15) is 0 Å². The van der Waals surface area contributed by atoms with E-state index in [4.69, 9.17) is 10.2 Å². The standard InChI is InChI=1S/C15H19N3O3/c1-9-5-3-4-6-11(9)7-17-14(20)12-8-21-15(18-12)13(16)10(2)19/h3-6,8,10,13,19H,7,16H2,1-2H3,(H,17,20). The number of carbonyl (C=O) groups is 1. The molecule has 2 atom stereocenters. The Balaban J connectivity index is 2.00. The van der Waals surface area contributed by atoms with Crippen LogP contribution in [0, 0.1) is 6.92 Å². The second-order valence-corrected chi connectivity index (χ2v) is 4.95. The van der Waals surface area contributed by atoms with Crippen molar-refractivity contribution in [1.82, 2.24) is 10.3 Å². The average molecular weight is 289 g/mol. The summed E-state index contributed by atoms with van der Waals surface area (Å²) in [6.45, 7) is 3.93. The summed E-state index contributed by atoms with van der Waals surface area (Å²) in [5.74, 6) is -0.197. The summed E-state index contributed by atoms with van der Waals surface area (Å²) in [7, 11) is 0. The highest BCUT2D eigenvalue weighted by Gasteiger charge is 2.20. The van der Waals surface area contributed by atoms with Crippen LogP contribution in [0.15, 0.2) is 34.9 Å². The smallest absolute Gasteiger partial charge is 0.273 e. The summed E-state index contributed by atoms with van der Waals surface area (Å²) in [4.78, 5) is 16.0. The first-order valence-electron chi connectivity index (χ1n) is 6.71. The largest absolute Gasteiger partial charge is 0.446 e. The molecule has 4 N–H and O–H groups in total. The van der Waals surface area contributed by atoms with Crippen LogP contribution in [0.25, 0.3) is 0 Å². The fourth-order valence-electron chi connectivity index (χ4n) is 1.83. The summed E-state index contributed by atoms with van der Waals surface area (Å²) in [5.41, 5.74) is 7.99. The zero-order valence-corrected chi connectivity index (χ0v) is 12.0. The van der Waals surface area contributed by atoms with Crippen molar-refractivity contribution < 1.29 is 14.3 Å². The predicted octanol–water partition coefficient (Wildman–Crippen LogP) is 1.29. The van der Waals surface area contributed by atoms with Crippen LogP contribution in [0.1, 0.15) is 40.5 Å². The van der Waals surface area contributed by atoms with Crippen molar-refractivity contribution in [3.05, 3.63) is 53.2 Å². The highest BCUT2D eigenvalue weighted by atomic mass is 16.3. The van der Waals surface area contributed by atoms with Crippen LogP contribution < -0.4 is 11.1 Å². The molecule has 0 saturated carbocycles. The van der Waals surface area contributed by atoms with Gasteiger partial charge in [0.1, 0.15) is 12.3 Å². The number of aromatic nitrogens is 1. The van der Waals surface area contributed by atoms with Crippen LogP contribution in [0.2, 0.25) is 0 Å². The summed E-state index contributed by atoms with van der Waals surface area (Å²) >= 11 is 0. The molecule has 0 spiro atoms. The second kappa shape index (κ2) is 6.51. The van der Waals surface area contributed by atoms with E-state index in [2.05, 4.69) is 10.3 Å². The first kappa shape index (κ1) is 15.2. The number of hydrogen-bond acceptors (Lipinski definition) is 5. The molecule has 6 nitrogen and oxygen atoms in total. The maximum Gasteiger partial charge on any atom is 0.273 e. The SMILES string of the molecule is Cc1ccccc1CNC(=O)c1coc(C(N)C(C)O)n1. The van der Waals surface area contributed by atoms with E-state index >= 15 is 0 Å². The van der Waals surface area contributed by atoms with Gasteiger partial charge in [0.15, 0.2) is 5.69 Å². The number of benzene rings is 1. The molecule has 112 valence electrons. The van der Waals surface area contributed by atoms with Gasteiger partial charge in [0, 0.05) is 6.54 Å². The van der Waals surface area contributed by atoms with E-state index < -0.39 is 12.1 Å². The van der Waals surface area contributed by atoms with Gasteiger partial charge in [0.05, 0.1) is 6.10 Å². The Morgan fingerprint density at radius 1 is 1.48 bits per heavy atom. The minimum absolute atomic E-state index is 0.144. The molecule has 0 saturated heterocycles. The lowest BCUT2D eigenvalue weighted by molar-refractivity contribution is 0.0945. The van der Waals surface area contributed by atoms with Gasteiger partial charge in [-0.25, -0.2) is 4.98 Å². The third kappa shape index (κ3) is 3.68. The molecule has 2 unspecified atom stereocenters. The fourth-order valence-corrected chi connectivity index (χ4v) is 1.83. The molecule has 2 rings (SSSR count). The Morgan fingerprint density at radius 3 is 2.86 bits per heavy atom. The maximum atomic E-state index is 12.0. The molecule has 0 aliphatic heterocycles. The number of hydrogen-bond donors (Lipinski definition) is 3. The molecule has 6 heteroatoms. The summed E-state index contributed by atoms with van der Waals surface area (Å²) < 4.78 is 5.13. The number of rotatable bonds is 5. The lowest BCUT2D eigenvalue weighted by Crippen LogP contribution is -2.25. The molecule has 1 aromatic carbocycles. The number of carbonyl (C=O) groups excluding carboxylic acids is 1. The van der Waals surface area contributed by atoms with Gasteiger partial charge in [0.2, 0.25) is 5.89 Å². The van der Waals surface area contributed by atoms with Crippen LogP contribution in [-0.4, -0.2) is 22.1 Å². The number of aryl methyl sites for hydroxylation is 1. The van der Waals surface area contributed by atoms with Crippen LogP contribution in [0.5, 0.6) is 0 Å². The van der Waals surface area contributed by atoms with E-state index in [1.165, 1.54) is 13.2 Å². The molecule has 21 heavy (non-hydrogen) atoms. The molecule has 2 aromatic rings. The van der Waals surface area contributed by atoms with Crippen LogP contribution in [0.4, 0.5) is 0 Å². The molecule has 1 heterocycles. The number of nitrogens with two attached hydrogens (primary N) is 1. The van der Waals surface area contributed by atoms with E-state index in [0.717, 1.165) is 11.1 Å². The Morgan fingerprint density at radius 2 is 2.19 bits per heavy atom. The topological polar surface area (TPSA) is 101 Å². The third-order valence-electron chi connectivity index (χ3n) is 3.26. The number of aliphatic hydroxyl groups is 1. The minimum Gasteiger partial charge on any atom is -0.446 e. The van der Waals surface area contributed by atoms with E-state index in [-0.39, 0.29) is 17.5 Å².